The maximum atomic E-state index is 6.94. The zero-order valence-corrected chi connectivity index (χ0v) is 27.3. The third-order valence-corrected chi connectivity index (χ3v) is 13.3. The van der Waals surface area contributed by atoms with Crippen LogP contribution in [0, 0.1) is 0 Å². The van der Waals surface area contributed by atoms with E-state index >= 15 is 0 Å². The van der Waals surface area contributed by atoms with Crippen LogP contribution in [-0.2, 0) is 16.5 Å². The van der Waals surface area contributed by atoms with E-state index in [1.54, 1.807) is 0 Å². The Hall–Kier alpha value is -0.692. The first-order valence-corrected chi connectivity index (χ1v) is 25.1. The van der Waals surface area contributed by atoms with E-state index < -0.39 is 33.3 Å². The van der Waals surface area contributed by atoms with E-state index in [0.717, 1.165) is 11.8 Å². The SMILES string of the molecule is C[Si](C)(C)Oc1cccc(Cl)[n+]1C[Si](C)(C)O[Si](C)(C)C[n+]1c(Cl)cccc1O[Si](C)(C)C. The molecule has 0 aliphatic carbocycles. The minimum Gasteiger partial charge on any atom is -0.500 e. The summed E-state index contributed by atoms with van der Waals surface area (Å²) in [5.74, 6) is 1.63. The number of aromatic nitrogens is 2. The van der Waals surface area contributed by atoms with Gasteiger partial charge in [0.25, 0.3) is 10.3 Å². The first-order valence-electron chi connectivity index (χ1n) is 11.3. The van der Waals surface area contributed by atoms with Gasteiger partial charge >= 0.3 is 11.8 Å². The maximum Gasteiger partial charge on any atom is 0.355 e. The molecule has 2 rings (SSSR count). The zero-order chi connectivity index (χ0) is 25.2. The molecule has 33 heavy (non-hydrogen) atoms. The van der Waals surface area contributed by atoms with Crippen molar-refractivity contribution in [3.8, 4) is 11.8 Å². The molecule has 0 aliphatic heterocycles. The molecule has 0 radical (unpaired) electrons. The summed E-state index contributed by atoms with van der Waals surface area (Å²) in [5.41, 5.74) is 0. The monoisotopic (exact) mass is 562 g/mol. The van der Waals surface area contributed by atoms with Gasteiger partial charge in [-0.2, -0.15) is 9.13 Å². The molecule has 5 nitrogen and oxygen atoms in total. The number of nitrogens with zero attached hydrogens (tertiary/aromatic N) is 2. The summed E-state index contributed by atoms with van der Waals surface area (Å²) < 4.78 is 23.7. The summed E-state index contributed by atoms with van der Waals surface area (Å²) in [6.45, 7) is 22.0. The highest BCUT2D eigenvalue weighted by Gasteiger charge is 2.42. The van der Waals surface area contributed by atoms with Gasteiger partial charge in [0.1, 0.15) is 0 Å². The Labute approximate surface area is 214 Å². The first-order chi connectivity index (χ1) is 14.9. The number of hydrogen-bond acceptors (Lipinski definition) is 3. The molecular formula is C22H40Cl2N2O3Si4+2. The van der Waals surface area contributed by atoms with E-state index in [-0.39, 0.29) is 0 Å². The van der Waals surface area contributed by atoms with Gasteiger partial charge in [-0.05, 0) is 101 Å². The lowest BCUT2D eigenvalue weighted by Crippen LogP contribution is -2.60. The number of hydrogen-bond donors (Lipinski definition) is 0. The molecule has 0 spiro atoms. The van der Waals surface area contributed by atoms with Crippen LogP contribution >= 0.6 is 23.2 Å². The smallest absolute Gasteiger partial charge is 0.355 e. The molecule has 0 aliphatic rings. The summed E-state index contributed by atoms with van der Waals surface area (Å²) in [5, 5.41) is 1.33. The Bertz CT molecular complexity index is 900. The topological polar surface area (TPSA) is 35.5 Å². The largest absolute Gasteiger partial charge is 0.500 e. The van der Waals surface area contributed by atoms with Crippen molar-refractivity contribution in [2.75, 3.05) is 0 Å². The Morgan fingerprint density at radius 2 is 0.939 bits per heavy atom. The van der Waals surface area contributed by atoms with E-state index in [1.165, 1.54) is 0 Å². The molecule has 2 aromatic rings. The van der Waals surface area contributed by atoms with Crippen molar-refractivity contribution < 1.29 is 22.1 Å². The third kappa shape index (κ3) is 9.46. The van der Waals surface area contributed by atoms with Crippen molar-refractivity contribution in [1.29, 1.82) is 0 Å². The molecule has 2 heterocycles. The predicted molar refractivity (Wildman–Crippen MR) is 147 cm³/mol. The maximum absolute atomic E-state index is 6.94. The van der Waals surface area contributed by atoms with Gasteiger partial charge in [0.2, 0.25) is 33.3 Å². The fourth-order valence-corrected chi connectivity index (χ4v) is 14.6. The van der Waals surface area contributed by atoms with E-state index in [4.69, 9.17) is 36.2 Å². The van der Waals surface area contributed by atoms with E-state index in [2.05, 4.69) is 74.6 Å². The van der Waals surface area contributed by atoms with Gasteiger partial charge in [-0.1, -0.05) is 0 Å². The van der Waals surface area contributed by atoms with Crippen molar-refractivity contribution in [3.63, 3.8) is 0 Å². The summed E-state index contributed by atoms with van der Waals surface area (Å²) in [7, 11) is -7.90. The van der Waals surface area contributed by atoms with Crippen LogP contribution in [0.2, 0.25) is 75.8 Å². The zero-order valence-electron chi connectivity index (χ0n) is 21.8. The highest BCUT2D eigenvalue weighted by molar-refractivity contribution is 6.83. The van der Waals surface area contributed by atoms with Crippen LogP contribution in [0.4, 0.5) is 0 Å². The van der Waals surface area contributed by atoms with Crippen LogP contribution in [0.1, 0.15) is 0 Å². The van der Waals surface area contributed by atoms with Crippen LogP contribution in [-0.4, -0.2) is 33.3 Å². The van der Waals surface area contributed by atoms with Crippen LogP contribution in [0.5, 0.6) is 11.8 Å². The van der Waals surface area contributed by atoms with Gasteiger partial charge in [0.15, 0.2) is 12.3 Å². The molecule has 2 aromatic heterocycles. The molecule has 0 fully saturated rings. The Kier molecular flexibility index (Phi) is 9.09. The summed E-state index contributed by atoms with van der Waals surface area (Å²) >= 11 is 13.2. The molecule has 0 unspecified atom stereocenters. The van der Waals surface area contributed by atoms with Crippen LogP contribution in [0.25, 0.3) is 0 Å². The second-order valence-corrected chi connectivity index (χ2v) is 29.7. The molecule has 0 aromatic carbocycles. The minimum atomic E-state index is -2.17. The average Bonchev–Trinajstić information content (AvgIpc) is 2.57. The van der Waals surface area contributed by atoms with Crippen molar-refractivity contribution in [3.05, 3.63) is 46.7 Å². The second-order valence-electron chi connectivity index (χ2n) is 11.6. The molecule has 0 saturated heterocycles. The highest BCUT2D eigenvalue weighted by Crippen LogP contribution is 2.22. The molecule has 11 heteroatoms. The number of rotatable bonds is 10. The highest BCUT2D eigenvalue weighted by atomic mass is 35.5. The quantitative estimate of drug-likeness (QED) is 0.196. The standard InChI is InChI=1S/C22H40Cl2N2O3Si4/c1-30(2,3)27-21-15-11-13-19(23)25(21)17-32(7,8)29-33(9,10)18-26-20(24)14-12-16-22(26)28-31(4,5)6/h11-16H,17-18H2,1-10H3/q+2. The van der Waals surface area contributed by atoms with E-state index in [9.17, 15) is 0 Å². The van der Waals surface area contributed by atoms with Crippen molar-refractivity contribution in [1.82, 2.24) is 0 Å². The summed E-state index contributed by atoms with van der Waals surface area (Å²) in [4.78, 5) is 0. The molecule has 0 amide bonds. The van der Waals surface area contributed by atoms with Gasteiger partial charge in [0, 0.05) is 24.3 Å². The Morgan fingerprint density at radius 1 is 0.606 bits per heavy atom. The molecule has 0 bridgehead atoms. The van der Waals surface area contributed by atoms with E-state index in [1.807, 2.05) is 36.4 Å². The lowest BCUT2D eigenvalue weighted by Gasteiger charge is -2.31. The van der Waals surface area contributed by atoms with Crippen LogP contribution in [0.3, 0.4) is 0 Å². The van der Waals surface area contributed by atoms with Gasteiger partial charge in [0.05, 0.1) is 0 Å². The molecule has 0 N–H and O–H groups in total. The Morgan fingerprint density at radius 3 is 1.24 bits per heavy atom. The molecule has 0 saturated carbocycles. The van der Waals surface area contributed by atoms with Crippen LogP contribution in [0.15, 0.2) is 36.4 Å². The van der Waals surface area contributed by atoms with E-state index in [0.29, 0.717) is 22.6 Å². The van der Waals surface area contributed by atoms with Crippen molar-refractivity contribution in [2.24, 2.45) is 0 Å². The van der Waals surface area contributed by atoms with Crippen molar-refractivity contribution >= 4 is 56.5 Å². The first kappa shape index (κ1) is 28.5. The van der Waals surface area contributed by atoms with Gasteiger partial charge < -0.3 is 13.0 Å². The predicted octanol–water partition coefficient (Wildman–Crippen LogP) is 6.20. The molecule has 0 atom stereocenters. The second kappa shape index (κ2) is 10.5. The Balaban J connectivity index is 2.28. The van der Waals surface area contributed by atoms with Gasteiger partial charge in [-0.25, -0.2) is 0 Å². The molecular weight excluding hydrogens is 524 g/mol. The average molecular weight is 564 g/mol. The fraction of sp³-hybridized carbons (Fsp3) is 0.545. The van der Waals surface area contributed by atoms with Crippen LogP contribution < -0.4 is 18.0 Å². The van der Waals surface area contributed by atoms with Crippen molar-refractivity contribution in [2.45, 2.75) is 77.8 Å². The lowest BCUT2D eigenvalue weighted by molar-refractivity contribution is -0.684. The minimum absolute atomic E-state index is 0.667. The van der Waals surface area contributed by atoms with Gasteiger partial charge in [-0.15, -0.1) is 0 Å². The summed E-state index contributed by atoms with van der Waals surface area (Å²) in [6.07, 6.45) is 1.43. The lowest BCUT2D eigenvalue weighted by atomic mass is 10.5. The fourth-order valence-electron chi connectivity index (χ4n) is 3.68. The molecule has 184 valence electrons. The number of halogens is 2. The number of pyridine rings is 2. The normalized spacial score (nSPS) is 13.2. The van der Waals surface area contributed by atoms with Gasteiger partial charge in [-0.3, -0.25) is 0 Å². The third-order valence-electron chi connectivity index (χ3n) is 4.44. The summed E-state index contributed by atoms with van der Waals surface area (Å²) in [6, 6.07) is 11.7.